The summed E-state index contributed by atoms with van der Waals surface area (Å²) in [6.45, 7) is 6.84. The third kappa shape index (κ3) is 4.90. The Hall–Kier alpha value is -0.890. The molecule has 1 aromatic rings. The maximum atomic E-state index is 13.1. The molecule has 2 rings (SSSR count). The fraction of sp³-hybridized carbons (Fsp3) is 0.667. The summed E-state index contributed by atoms with van der Waals surface area (Å²) < 4.78 is 13.1. The molecular formula is C18H28FN. The lowest BCUT2D eigenvalue weighted by Gasteiger charge is -2.24. The van der Waals surface area contributed by atoms with E-state index in [2.05, 4.69) is 26.1 Å². The second kappa shape index (κ2) is 7.21. The molecule has 1 fully saturated rings. The Kier molecular flexibility index (Phi) is 5.59. The van der Waals surface area contributed by atoms with Crippen molar-refractivity contribution in [2.45, 2.75) is 65.0 Å². The van der Waals surface area contributed by atoms with Crippen molar-refractivity contribution in [1.29, 1.82) is 0 Å². The first kappa shape index (κ1) is 15.5. The van der Waals surface area contributed by atoms with Gasteiger partial charge in [0, 0.05) is 12.1 Å². The number of benzene rings is 1. The van der Waals surface area contributed by atoms with Gasteiger partial charge in [-0.1, -0.05) is 38.8 Å². The van der Waals surface area contributed by atoms with Gasteiger partial charge in [0.15, 0.2) is 0 Å². The summed E-state index contributed by atoms with van der Waals surface area (Å²) in [5.41, 5.74) is 1.24. The number of rotatable bonds is 8. The van der Waals surface area contributed by atoms with Crippen LogP contribution >= 0.6 is 0 Å². The van der Waals surface area contributed by atoms with Crippen LogP contribution in [-0.2, 0) is 0 Å². The summed E-state index contributed by atoms with van der Waals surface area (Å²) in [4.78, 5) is 0. The quantitative estimate of drug-likeness (QED) is 0.698. The van der Waals surface area contributed by atoms with Crippen molar-refractivity contribution in [2.24, 2.45) is 11.8 Å². The number of halogens is 1. The average Bonchev–Trinajstić information content (AvgIpc) is 3.21. The molecule has 1 aromatic carbocycles. The van der Waals surface area contributed by atoms with Crippen LogP contribution in [0.3, 0.4) is 0 Å². The van der Waals surface area contributed by atoms with Gasteiger partial charge in [-0.25, -0.2) is 4.39 Å². The van der Waals surface area contributed by atoms with Crippen LogP contribution in [-0.4, -0.2) is 6.04 Å². The van der Waals surface area contributed by atoms with Crippen LogP contribution in [0.5, 0.6) is 0 Å². The highest BCUT2D eigenvalue weighted by Gasteiger charge is 2.32. The van der Waals surface area contributed by atoms with Gasteiger partial charge in [0.2, 0.25) is 0 Å². The molecule has 1 N–H and O–H groups in total. The zero-order valence-electron chi connectivity index (χ0n) is 13.0. The molecule has 0 aliphatic heterocycles. The van der Waals surface area contributed by atoms with Crippen molar-refractivity contribution >= 4 is 0 Å². The van der Waals surface area contributed by atoms with E-state index in [0.29, 0.717) is 12.1 Å². The zero-order chi connectivity index (χ0) is 14.5. The first-order chi connectivity index (χ1) is 9.56. The van der Waals surface area contributed by atoms with Crippen LogP contribution in [0.15, 0.2) is 24.3 Å². The summed E-state index contributed by atoms with van der Waals surface area (Å²) in [7, 11) is 0. The summed E-state index contributed by atoms with van der Waals surface area (Å²) >= 11 is 0. The van der Waals surface area contributed by atoms with Crippen LogP contribution in [0.1, 0.15) is 64.5 Å². The zero-order valence-corrected chi connectivity index (χ0v) is 13.0. The smallest absolute Gasteiger partial charge is 0.123 e. The van der Waals surface area contributed by atoms with E-state index in [1.54, 1.807) is 12.1 Å². The molecular weight excluding hydrogens is 249 g/mol. The molecule has 2 unspecified atom stereocenters. The van der Waals surface area contributed by atoms with Crippen LogP contribution in [0.25, 0.3) is 0 Å². The molecule has 2 heteroatoms. The maximum Gasteiger partial charge on any atom is 0.123 e. The van der Waals surface area contributed by atoms with E-state index in [1.165, 1.54) is 37.7 Å². The average molecular weight is 277 g/mol. The Morgan fingerprint density at radius 2 is 1.75 bits per heavy atom. The normalized spacial score (nSPS) is 18.2. The van der Waals surface area contributed by atoms with Crippen molar-refractivity contribution in [2.75, 3.05) is 0 Å². The summed E-state index contributed by atoms with van der Waals surface area (Å²) in [6, 6.07) is 7.97. The molecule has 0 radical (unpaired) electrons. The number of hydrogen-bond acceptors (Lipinski definition) is 1. The standard InChI is InChI=1S/C18H28FN/c1-13(2)5-4-6-14(3)20-18(15-7-8-15)16-9-11-17(19)12-10-16/h9-15,18,20H,4-8H2,1-3H3. The molecule has 2 atom stereocenters. The van der Waals surface area contributed by atoms with Gasteiger partial charge in [0.25, 0.3) is 0 Å². The summed E-state index contributed by atoms with van der Waals surface area (Å²) in [5, 5.41) is 3.77. The molecule has 1 aliphatic carbocycles. The molecule has 0 saturated heterocycles. The first-order valence-corrected chi connectivity index (χ1v) is 8.07. The molecule has 0 spiro atoms. The van der Waals surface area contributed by atoms with Crippen molar-refractivity contribution < 1.29 is 4.39 Å². The van der Waals surface area contributed by atoms with E-state index >= 15 is 0 Å². The summed E-state index contributed by atoms with van der Waals surface area (Å²) in [6.07, 6.45) is 6.41. The van der Waals surface area contributed by atoms with Gasteiger partial charge in [-0.05, 0) is 55.7 Å². The van der Waals surface area contributed by atoms with Crippen LogP contribution in [0.2, 0.25) is 0 Å². The van der Waals surface area contributed by atoms with Crippen LogP contribution < -0.4 is 5.32 Å². The second-order valence-electron chi connectivity index (χ2n) is 6.76. The van der Waals surface area contributed by atoms with Crippen molar-refractivity contribution in [3.63, 3.8) is 0 Å². The van der Waals surface area contributed by atoms with Gasteiger partial charge < -0.3 is 5.32 Å². The lowest BCUT2D eigenvalue weighted by molar-refractivity contribution is 0.386. The summed E-state index contributed by atoms with van der Waals surface area (Å²) in [5.74, 6) is 1.39. The topological polar surface area (TPSA) is 12.0 Å². The molecule has 112 valence electrons. The lowest BCUT2D eigenvalue weighted by Crippen LogP contribution is -2.31. The van der Waals surface area contributed by atoms with Gasteiger partial charge >= 0.3 is 0 Å². The predicted molar refractivity (Wildman–Crippen MR) is 83.2 cm³/mol. The van der Waals surface area contributed by atoms with E-state index in [0.717, 1.165) is 11.8 Å². The van der Waals surface area contributed by atoms with Gasteiger partial charge in [-0.3, -0.25) is 0 Å². The molecule has 1 aliphatic rings. The van der Waals surface area contributed by atoms with Crippen LogP contribution in [0, 0.1) is 17.7 Å². The molecule has 1 saturated carbocycles. The van der Waals surface area contributed by atoms with E-state index in [4.69, 9.17) is 0 Å². The fourth-order valence-corrected chi connectivity index (χ4v) is 2.83. The Morgan fingerprint density at radius 3 is 2.30 bits per heavy atom. The van der Waals surface area contributed by atoms with Crippen molar-refractivity contribution in [3.8, 4) is 0 Å². The Bertz CT molecular complexity index is 394. The van der Waals surface area contributed by atoms with Gasteiger partial charge in [0.1, 0.15) is 5.82 Å². The second-order valence-corrected chi connectivity index (χ2v) is 6.76. The minimum absolute atomic E-state index is 0.145. The molecule has 0 bridgehead atoms. The van der Waals surface area contributed by atoms with Gasteiger partial charge in [0.05, 0.1) is 0 Å². The Balaban J connectivity index is 1.87. The van der Waals surface area contributed by atoms with E-state index in [-0.39, 0.29) is 5.82 Å². The maximum absolute atomic E-state index is 13.1. The van der Waals surface area contributed by atoms with Crippen molar-refractivity contribution in [3.05, 3.63) is 35.6 Å². The minimum Gasteiger partial charge on any atom is -0.307 e. The Labute approximate surface area is 123 Å². The fourth-order valence-electron chi connectivity index (χ4n) is 2.83. The Morgan fingerprint density at radius 1 is 1.10 bits per heavy atom. The molecule has 0 amide bonds. The highest BCUT2D eigenvalue weighted by molar-refractivity contribution is 5.22. The lowest BCUT2D eigenvalue weighted by atomic mass is 9.99. The van der Waals surface area contributed by atoms with Crippen molar-refractivity contribution in [1.82, 2.24) is 5.32 Å². The number of hydrogen-bond donors (Lipinski definition) is 1. The molecule has 1 nitrogen and oxygen atoms in total. The van der Waals surface area contributed by atoms with Gasteiger partial charge in [-0.2, -0.15) is 0 Å². The molecule has 0 aromatic heterocycles. The third-order valence-electron chi connectivity index (χ3n) is 4.21. The van der Waals surface area contributed by atoms with E-state index < -0.39 is 0 Å². The molecule has 0 heterocycles. The van der Waals surface area contributed by atoms with E-state index in [9.17, 15) is 4.39 Å². The number of nitrogens with one attached hydrogen (secondary N) is 1. The highest BCUT2D eigenvalue weighted by atomic mass is 19.1. The predicted octanol–water partition coefficient (Wildman–Crippen LogP) is 5.08. The van der Waals surface area contributed by atoms with E-state index in [1.807, 2.05) is 12.1 Å². The highest BCUT2D eigenvalue weighted by Crippen LogP contribution is 2.41. The SMILES string of the molecule is CC(C)CCCC(C)NC(c1ccc(F)cc1)C1CC1. The first-order valence-electron chi connectivity index (χ1n) is 8.07. The third-order valence-corrected chi connectivity index (χ3v) is 4.21. The monoisotopic (exact) mass is 277 g/mol. The minimum atomic E-state index is -0.145. The van der Waals surface area contributed by atoms with Crippen LogP contribution in [0.4, 0.5) is 4.39 Å². The van der Waals surface area contributed by atoms with Gasteiger partial charge in [-0.15, -0.1) is 0 Å². The molecule has 20 heavy (non-hydrogen) atoms. The largest absolute Gasteiger partial charge is 0.307 e.